The van der Waals surface area contributed by atoms with E-state index in [0.29, 0.717) is 9.47 Å². The Kier molecular flexibility index (Phi) is 3.47. The summed E-state index contributed by atoms with van der Waals surface area (Å²) in [6.07, 6.45) is 0. The Morgan fingerprint density at radius 3 is 2.69 bits per heavy atom. The van der Waals surface area contributed by atoms with E-state index in [4.69, 9.17) is 4.55 Å². The van der Waals surface area contributed by atoms with Crippen molar-refractivity contribution in [3.8, 4) is 0 Å². The molecule has 0 fully saturated rings. The first-order chi connectivity index (χ1) is 5.97. The lowest BCUT2D eigenvalue weighted by atomic mass is 10.7. The van der Waals surface area contributed by atoms with E-state index in [-0.39, 0.29) is 12.3 Å². The van der Waals surface area contributed by atoms with Crippen LogP contribution in [0.25, 0.3) is 0 Å². The molecule has 0 spiro atoms. The molecular formula is C4H7N3O3S3. The summed E-state index contributed by atoms with van der Waals surface area (Å²) in [5, 5.41) is 10.4. The fourth-order valence-electron chi connectivity index (χ4n) is 0.574. The number of thiol groups is 1. The van der Waals surface area contributed by atoms with Gasteiger partial charge < -0.3 is 5.32 Å². The number of hydrogen-bond acceptors (Lipinski definition) is 7. The average molecular weight is 241 g/mol. The second-order valence-electron chi connectivity index (χ2n) is 2.10. The molecule has 6 nitrogen and oxygen atoms in total. The van der Waals surface area contributed by atoms with Crippen LogP contribution in [0.5, 0.6) is 0 Å². The molecule has 0 atom stereocenters. The van der Waals surface area contributed by atoms with Crippen molar-refractivity contribution in [2.45, 2.75) is 4.34 Å². The van der Waals surface area contributed by atoms with Gasteiger partial charge in [-0.1, -0.05) is 11.3 Å². The van der Waals surface area contributed by atoms with Gasteiger partial charge in [-0.25, -0.2) is 0 Å². The van der Waals surface area contributed by atoms with Crippen molar-refractivity contribution in [1.82, 2.24) is 10.2 Å². The molecule has 1 aromatic rings. The highest BCUT2D eigenvalue weighted by atomic mass is 32.2. The second kappa shape index (κ2) is 4.22. The molecule has 1 heterocycles. The van der Waals surface area contributed by atoms with Crippen LogP contribution in [0, 0.1) is 0 Å². The summed E-state index contributed by atoms with van der Waals surface area (Å²) in [7, 11) is -3.91. The standard InChI is InChI=1S/C4H7N3O3S3/c8-13(9,10)2-1-5-3-6-7-4(11)12-3/h1-2H2,(H,5,6)(H,7,11)(H,8,9,10). The molecule has 13 heavy (non-hydrogen) atoms. The van der Waals surface area contributed by atoms with Gasteiger partial charge in [0.15, 0.2) is 4.34 Å². The van der Waals surface area contributed by atoms with E-state index in [0.717, 1.165) is 0 Å². The smallest absolute Gasteiger partial charge is 0.266 e. The van der Waals surface area contributed by atoms with Gasteiger partial charge >= 0.3 is 0 Å². The van der Waals surface area contributed by atoms with Crippen LogP contribution in [-0.4, -0.2) is 35.5 Å². The Bertz CT molecular complexity index is 373. The summed E-state index contributed by atoms with van der Waals surface area (Å²) in [6.45, 7) is 0.0985. The molecule has 0 aliphatic carbocycles. The van der Waals surface area contributed by atoms with Crippen LogP contribution in [0.1, 0.15) is 0 Å². The predicted molar refractivity (Wildman–Crippen MR) is 52.1 cm³/mol. The zero-order chi connectivity index (χ0) is 9.90. The Balaban J connectivity index is 2.36. The lowest BCUT2D eigenvalue weighted by Crippen LogP contribution is -2.14. The van der Waals surface area contributed by atoms with E-state index in [1.54, 1.807) is 0 Å². The maximum atomic E-state index is 10.3. The summed E-state index contributed by atoms with van der Waals surface area (Å²) in [5.41, 5.74) is 0. The third-order valence-corrected chi connectivity index (χ3v) is 2.82. The molecule has 0 aromatic carbocycles. The van der Waals surface area contributed by atoms with Crippen LogP contribution in [0.15, 0.2) is 4.34 Å². The Hall–Kier alpha value is -0.380. The average Bonchev–Trinajstić information content (AvgIpc) is 2.33. The first kappa shape index (κ1) is 10.7. The van der Waals surface area contributed by atoms with E-state index < -0.39 is 10.1 Å². The van der Waals surface area contributed by atoms with Gasteiger partial charge in [0.2, 0.25) is 5.13 Å². The van der Waals surface area contributed by atoms with Crippen molar-refractivity contribution in [2.24, 2.45) is 0 Å². The number of nitrogens with one attached hydrogen (secondary N) is 1. The normalized spacial score (nSPS) is 11.5. The fraction of sp³-hybridized carbons (Fsp3) is 0.500. The Morgan fingerprint density at radius 2 is 2.23 bits per heavy atom. The molecule has 1 aromatic heterocycles. The van der Waals surface area contributed by atoms with Crippen molar-refractivity contribution in [3.63, 3.8) is 0 Å². The molecule has 0 radical (unpaired) electrons. The minimum absolute atomic E-state index is 0.0985. The lowest BCUT2D eigenvalue weighted by molar-refractivity contribution is 0.484. The fourth-order valence-corrected chi connectivity index (χ4v) is 1.75. The van der Waals surface area contributed by atoms with Crippen molar-refractivity contribution in [3.05, 3.63) is 0 Å². The van der Waals surface area contributed by atoms with Crippen molar-refractivity contribution >= 4 is 39.2 Å². The monoisotopic (exact) mass is 241 g/mol. The van der Waals surface area contributed by atoms with Crippen molar-refractivity contribution in [2.75, 3.05) is 17.6 Å². The van der Waals surface area contributed by atoms with Gasteiger partial charge in [0.1, 0.15) is 0 Å². The van der Waals surface area contributed by atoms with Crippen molar-refractivity contribution in [1.29, 1.82) is 0 Å². The summed E-state index contributed by atoms with van der Waals surface area (Å²) in [4.78, 5) is 0. The predicted octanol–water partition coefficient (Wildman–Crippen LogP) is 0.126. The van der Waals surface area contributed by atoms with E-state index in [1.807, 2.05) is 0 Å². The highest BCUT2D eigenvalue weighted by molar-refractivity contribution is 7.85. The van der Waals surface area contributed by atoms with Gasteiger partial charge in [-0.3, -0.25) is 4.55 Å². The largest absolute Gasteiger partial charge is 0.359 e. The maximum absolute atomic E-state index is 10.3. The molecule has 1 rings (SSSR count). The number of aromatic nitrogens is 2. The van der Waals surface area contributed by atoms with E-state index in [2.05, 4.69) is 28.1 Å². The van der Waals surface area contributed by atoms with Gasteiger partial charge in [0.05, 0.1) is 5.75 Å². The Labute approximate surface area is 84.5 Å². The molecular weight excluding hydrogens is 234 g/mol. The third-order valence-electron chi connectivity index (χ3n) is 1.05. The molecule has 2 N–H and O–H groups in total. The number of hydrogen-bond donors (Lipinski definition) is 3. The number of nitrogens with zero attached hydrogens (tertiary/aromatic N) is 2. The second-order valence-corrected chi connectivity index (χ2v) is 5.38. The molecule has 0 unspecified atom stereocenters. The molecule has 9 heteroatoms. The zero-order valence-electron chi connectivity index (χ0n) is 6.34. The van der Waals surface area contributed by atoms with Gasteiger partial charge in [-0.05, 0) is 0 Å². The molecule has 0 saturated heterocycles. The molecule has 74 valence electrons. The molecule has 0 saturated carbocycles. The summed E-state index contributed by atoms with van der Waals surface area (Å²) >= 11 is 5.11. The van der Waals surface area contributed by atoms with Crippen LogP contribution in [0.4, 0.5) is 5.13 Å². The van der Waals surface area contributed by atoms with Gasteiger partial charge in [-0.2, -0.15) is 8.42 Å². The van der Waals surface area contributed by atoms with Gasteiger partial charge in [0.25, 0.3) is 10.1 Å². The third kappa shape index (κ3) is 4.41. The minimum atomic E-state index is -3.91. The highest BCUT2D eigenvalue weighted by Gasteiger charge is 2.05. The molecule has 0 aliphatic heterocycles. The van der Waals surface area contributed by atoms with Gasteiger partial charge in [0, 0.05) is 6.54 Å². The van der Waals surface area contributed by atoms with E-state index in [1.165, 1.54) is 11.3 Å². The van der Waals surface area contributed by atoms with Crippen LogP contribution in [0.3, 0.4) is 0 Å². The highest BCUT2D eigenvalue weighted by Crippen LogP contribution is 2.17. The zero-order valence-corrected chi connectivity index (χ0v) is 8.86. The molecule has 0 amide bonds. The van der Waals surface area contributed by atoms with Crippen LogP contribution in [-0.2, 0) is 10.1 Å². The Morgan fingerprint density at radius 1 is 1.54 bits per heavy atom. The van der Waals surface area contributed by atoms with Crippen LogP contribution >= 0.6 is 24.0 Å². The quantitative estimate of drug-likeness (QED) is 0.512. The van der Waals surface area contributed by atoms with Gasteiger partial charge in [-0.15, -0.1) is 22.8 Å². The topological polar surface area (TPSA) is 92.2 Å². The first-order valence-electron chi connectivity index (χ1n) is 3.19. The number of anilines is 1. The first-order valence-corrected chi connectivity index (χ1v) is 6.06. The van der Waals surface area contributed by atoms with Crippen LogP contribution < -0.4 is 5.32 Å². The van der Waals surface area contributed by atoms with E-state index in [9.17, 15) is 8.42 Å². The lowest BCUT2D eigenvalue weighted by Gasteiger charge is -1.97. The summed E-state index contributed by atoms with van der Waals surface area (Å²) < 4.78 is 29.5. The molecule has 0 aliphatic rings. The summed E-state index contributed by atoms with van der Waals surface area (Å²) in [5.74, 6) is -0.353. The summed E-state index contributed by atoms with van der Waals surface area (Å²) in [6, 6.07) is 0. The number of rotatable bonds is 4. The van der Waals surface area contributed by atoms with Crippen LogP contribution in [0.2, 0.25) is 0 Å². The minimum Gasteiger partial charge on any atom is -0.359 e. The molecule has 0 bridgehead atoms. The van der Waals surface area contributed by atoms with E-state index >= 15 is 0 Å². The maximum Gasteiger partial charge on any atom is 0.266 e. The SMILES string of the molecule is O=S(=O)(O)CCNc1nnc(S)s1. The van der Waals surface area contributed by atoms with Crippen molar-refractivity contribution < 1.29 is 13.0 Å².